The standard InChI is InChI=1S/C12H24N2/c1-14-7-2-5-12(10-13,6-8-14)9-11-3-4-11/h11H,2-10,13H2,1H3. The smallest absolute Gasteiger partial charge is 0.00160 e. The van der Waals surface area contributed by atoms with Gasteiger partial charge in [0, 0.05) is 0 Å². The van der Waals surface area contributed by atoms with Gasteiger partial charge in [-0.1, -0.05) is 12.8 Å². The second kappa shape index (κ2) is 4.19. The number of likely N-dealkylation sites (tertiary alicyclic amines) is 1. The normalized spacial score (nSPS) is 35.6. The van der Waals surface area contributed by atoms with E-state index in [2.05, 4.69) is 11.9 Å². The molecule has 2 nitrogen and oxygen atoms in total. The van der Waals surface area contributed by atoms with Crippen LogP contribution in [0.5, 0.6) is 0 Å². The molecule has 1 atom stereocenters. The Morgan fingerprint density at radius 2 is 2.07 bits per heavy atom. The van der Waals surface area contributed by atoms with Gasteiger partial charge in [-0.2, -0.15) is 0 Å². The van der Waals surface area contributed by atoms with Gasteiger partial charge in [0.25, 0.3) is 0 Å². The molecule has 0 aromatic carbocycles. The summed E-state index contributed by atoms with van der Waals surface area (Å²) in [5.41, 5.74) is 6.52. The summed E-state index contributed by atoms with van der Waals surface area (Å²) in [6.07, 6.45) is 8.40. The third-order valence-corrected chi connectivity index (χ3v) is 4.12. The summed E-state index contributed by atoms with van der Waals surface area (Å²) in [5, 5.41) is 0. The Morgan fingerprint density at radius 3 is 2.71 bits per heavy atom. The molecule has 2 heteroatoms. The molecule has 0 aromatic heterocycles. The van der Waals surface area contributed by atoms with Crippen molar-refractivity contribution < 1.29 is 0 Å². The van der Waals surface area contributed by atoms with E-state index >= 15 is 0 Å². The Kier molecular flexibility index (Phi) is 3.13. The largest absolute Gasteiger partial charge is 0.330 e. The van der Waals surface area contributed by atoms with Crippen molar-refractivity contribution in [2.75, 3.05) is 26.7 Å². The maximum atomic E-state index is 6.01. The third-order valence-electron chi connectivity index (χ3n) is 4.12. The maximum absolute atomic E-state index is 6.01. The molecule has 2 N–H and O–H groups in total. The Hall–Kier alpha value is -0.0800. The van der Waals surface area contributed by atoms with Crippen molar-refractivity contribution in [1.29, 1.82) is 0 Å². The number of nitrogens with two attached hydrogens (primary N) is 1. The number of hydrogen-bond donors (Lipinski definition) is 1. The molecular weight excluding hydrogens is 172 g/mol. The number of rotatable bonds is 3. The fraction of sp³-hybridized carbons (Fsp3) is 1.00. The second-order valence-corrected chi connectivity index (χ2v) is 5.51. The van der Waals surface area contributed by atoms with E-state index < -0.39 is 0 Å². The molecule has 0 bridgehead atoms. The highest BCUT2D eigenvalue weighted by Crippen LogP contribution is 2.44. The minimum absolute atomic E-state index is 0.506. The van der Waals surface area contributed by atoms with E-state index in [1.165, 1.54) is 51.6 Å². The third kappa shape index (κ3) is 2.48. The van der Waals surface area contributed by atoms with Crippen LogP contribution in [-0.2, 0) is 0 Å². The van der Waals surface area contributed by atoms with E-state index in [-0.39, 0.29) is 0 Å². The average Bonchev–Trinajstić information content (AvgIpc) is 2.98. The van der Waals surface area contributed by atoms with Gasteiger partial charge in [-0.3, -0.25) is 0 Å². The first-order valence-electron chi connectivity index (χ1n) is 6.13. The molecule has 2 rings (SSSR count). The van der Waals surface area contributed by atoms with Crippen LogP contribution in [-0.4, -0.2) is 31.6 Å². The highest BCUT2D eigenvalue weighted by atomic mass is 15.1. The maximum Gasteiger partial charge on any atom is -0.00160 e. The number of hydrogen-bond acceptors (Lipinski definition) is 2. The summed E-state index contributed by atoms with van der Waals surface area (Å²) >= 11 is 0. The summed E-state index contributed by atoms with van der Waals surface area (Å²) in [7, 11) is 2.24. The Balaban J connectivity index is 1.94. The molecule has 0 aromatic rings. The SMILES string of the molecule is CN1CCCC(CN)(CC2CC2)CC1. The van der Waals surface area contributed by atoms with Crippen molar-refractivity contribution in [1.82, 2.24) is 4.90 Å². The van der Waals surface area contributed by atoms with Gasteiger partial charge in [-0.25, -0.2) is 0 Å². The van der Waals surface area contributed by atoms with Gasteiger partial charge in [-0.05, 0) is 63.7 Å². The minimum atomic E-state index is 0.506. The molecule has 2 aliphatic rings. The molecule has 1 saturated carbocycles. The fourth-order valence-electron chi connectivity index (χ4n) is 2.81. The molecule has 0 radical (unpaired) electrons. The fourth-order valence-corrected chi connectivity index (χ4v) is 2.81. The van der Waals surface area contributed by atoms with Crippen LogP contribution in [0.4, 0.5) is 0 Å². The lowest BCUT2D eigenvalue weighted by molar-refractivity contribution is 0.217. The Morgan fingerprint density at radius 1 is 1.29 bits per heavy atom. The Bertz CT molecular complexity index is 189. The number of nitrogens with zero attached hydrogens (tertiary/aromatic N) is 1. The van der Waals surface area contributed by atoms with Gasteiger partial charge in [-0.15, -0.1) is 0 Å². The van der Waals surface area contributed by atoms with E-state index in [1.807, 2.05) is 0 Å². The predicted octanol–water partition coefficient (Wildman–Crippen LogP) is 1.85. The van der Waals surface area contributed by atoms with E-state index in [0.29, 0.717) is 5.41 Å². The zero-order chi connectivity index (χ0) is 10.0. The van der Waals surface area contributed by atoms with Crippen molar-refractivity contribution in [3.63, 3.8) is 0 Å². The first kappa shape index (κ1) is 10.4. The van der Waals surface area contributed by atoms with Crippen LogP contribution in [0, 0.1) is 11.3 Å². The Labute approximate surface area is 87.8 Å². The summed E-state index contributed by atoms with van der Waals surface area (Å²) < 4.78 is 0. The van der Waals surface area contributed by atoms with Crippen LogP contribution in [0.3, 0.4) is 0 Å². The van der Waals surface area contributed by atoms with Crippen LogP contribution in [0.15, 0.2) is 0 Å². The van der Waals surface area contributed by atoms with Crippen molar-refractivity contribution >= 4 is 0 Å². The molecule has 1 aliphatic carbocycles. The van der Waals surface area contributed by atoms with Gasteiger partial charge in [0.2, 0.25) is 0 Å². The van der Waals surface area contributed by atoms with Gasteiger partial charge in [0.1, 0.15) is 0 Å². The molecule has 14 heavy (non-hydrogen) atoms. The highest BCUT2D eigenvalue weighted by Gasteiger charge is 2.36. The van der Waals surface area contributed by atoms with E-state index in [9.17, 15) is 0 Å². The molecule has 1 aliphatic heterocycles. The van der Waals surface area contributed by atoms with Crippen LogP contribution >= 0.6 is 0 Å². The van der Waals surface area contributed by atoms with Crippen molar-refractivity contribution in [2.24, 2.45) is 17.1 Å². The van der Waals surface area contributed by atoms with Gasteiger partial charge in [0.15, 0.2) is 0 Å². The molecular formula is C12H24N2. The van der Waals surface area contributed by atoms with Crippen molar-refractivity contribution in [3.8, 4) is 0 Å². The lowest BCUT2D eigenvalue weighted by Crippen LogP contribution is -2.32. The molecule has 1 unspecified atom stereocenters. The zero-order valence-corrected chi connectivity index (χ0v) is 9.47. The van der Waals surface area contributed by atoms with Crippen molar-refractivity contribution in [3.05, 3.63) is 0 Å². The summed E-state index contributed by atoms with van der Waals surface area (Å²) in [6.45, 7) is 3.44. The average molecular weight is 196 g/mol. The lowest BCUT2D eigenvalue weighted by Gasteiger charge is -2.31. The van der Waals surface area contributed by atoms with Gasteiger partial charge >= 0.3 is 0 Å². The second-order valence-electron chi connectivity index (χ2n) is 5.51. The van der Waals surface area contributed by atoms with Crippen LogP contribution in [0.2, 0.25) is 0 Å². The first-order valence-corrected chi connectivity index (χ1v) is 6.13. The van der Waals surface area contributed by atoms with Gasteiger partial charge in [0.05, 0.1) is 0 Å². The highest BCUT2D eigenvalue weighted by molar-refractivity contribution is 4.89. The van der Waals surface area contributed by atoms with Crippen LogP contribution < -0.4 is 5.73 Å². The molecule has 1 heterocycles. The minimum Gasteiger partial charge on any atom is -0.330 e. The summed E-state index contributed by atoms with van der Waals surface area (Å²) in [5.74, 6) is 1.03. The van der Waals surface area contributed by atoms with Crippen LogP contribution in [0.1, 0.15) is 38.5 Å². The first-order chi connectivity index (χ1) is 6.74. The molecule has 2 fully saturated rings. The molecule has 1 saturated heterocycles. The molecule has 0 amide bonds. The summed E-state index contributed by atoms with van der Waals surface area (Å²) in [6, 6.07) is 0. The van der Waals surface area contributed by atoms with Crippen LogP contribution in [0.25, 0.3) is 0 Å². The van der Waals surface area contributed by atoms with E-state index in [1.54, 1.807) is 0 Å². The van der Waals surface area contributed by atoms with Gasteiger partial charge < -0.3 is 10.6 Å². The molecule has 0 spiro atoms. The van der Waals surface area contributed by atoms with E-state index in [0.717, 1.165) is 12.5 Å². The molecule has 82 valence electrons. The van der Waals surface area contributed by atoms with E-state index in [4.69, 9.17) is 5.73 Å². The predicted molar refractivity (Wildman–Crippen MR) is 60.2 cm³/mol. The quantitative estimate of drug-likeness (QED) is 0.746. The zero-order valence-electron chi connectivity index (χ0n) is 9.47. The topological polar surface area (TPSA) is 29.3 Å². The summed E-state index contributed by atoms with van der Waals surface area (Å²) in [4.78, 5) is 2.46. The lowest BCUT2D eigenvalue weighted by atomic mass is 9.76. The van der Waals surface area contributed by atoms with Crippen molar-refractivity contribution in [2.45, 2.75) is 38.5 Å². The monoisotopic (exact) mass is 196 g/mol.